The lowest BCUT2D eigenvalue weighted by molar-refractivity contribution is -0.136. The molecule has 9 nitrogen and oxygen atoms in total. The van der Waals surface area contributed by atoms with Gasteiger partial charge >= 0.3 is 17.8 Å². The normalized spacial score (nSPS) is 10.5. The number of ether oxygens (including phenoxy) is 3. The largest absolute Gasteiger partial charge is 0.495 e. The molecule has 35 heavy (non-hydrogen) atoms. The summed E-state index contributed by atoms with van der Waals surface area (Å²) in [6.45, 7) is 0. The standard InChI is InChI=1S/C24H19Cl2N3O6/c1-33-19-6-4-3-5-18(19)28-22(30)23(31)29-27-13-14-7-10-20(21(11-14)34-2)35-24(32)15-8-9-16(25)17(26)12-15/h3-13H,1-2H3,(H,28,30)(H,29,31)/b27-13-. The number of carbonyl (C=O) groups excluding carboxylic acids is 3. The molecule has 2 amide bonds. The molecule has 3 aromatic rings. The third kappa shape index (κ3) is 6.72. The topological polar surface area (TPSA) is 115 Å². The summed E-state index contributed by atoms with van der Waals surface area (Å²) in [5, 5.41) is 6.75. The first kappa shape index (κ1) is 25.5. The molecule has 2 N–H and O–H groups in total. The van der Waals surface area contributed by atoms with E-state index in [1.165, 1.54) is 50.8 Å². The lowest BCUT2D eigenvalue weighted by Gasteiger charge is -2.10. The summed E-state index contributed by atoms with van der Waals surface area (Å²) in [7, 11) is 2.85. The lowest BCUT2D eigenvalue weighted by atomic mass is 10.2. The Morgan fingerprint density at radius 3 is 2.29 bits per heavy atom. The quantitative estimate of drug-likeness (QED) is 0.159. The van der Waals surface area contributed by atoms with Crippen molar-refractivity contribution in [3.63, 3.8) is 0 Å². The van der Waals surface area contributed by atoms with Gasteiger partial charge in [0.2, 0.25) is 0 Å². The van der Waals surface area contributed by atoms with Crippen molar-refractivity contribution in [2.24, 2.45) is 5.10 Å². The van der Waals surface area contributed by atoms with E-state index in [-0.39, 0.29) is 22.1 Å². The minimum Gasteiger partial charge on any atom is -0.495 e. The van der Waals surface area contributed by atoms with Crippen molar-refractivity contribution in [3.05, 3.63) is 81.8 Å². The molecule has 0 atom stereocenters. The van der Waals surface area contributed by atoms with Crippen LogP contribution in [0.1, 0.15) is 15.9 Å². The number of nitrogens with one attached hydrogen (secondary N) is 2. The Hall–Kier alpha value is -4.08. The van der Waals surface area contributed by atoms with Crippen molar-refractivity contribution in [1.82, 2.24) is 5.43 Å². The van der Waals surface area contributed by atoms with Gasteiger partial charge in [-0.2, -0.15) is 5.10 Å². The zero-order valence-electron chi connectivity index (χ0n) is 18.5. The monoisotopic (exact) mass is 515 g/mol. The van der Waals surface area contributed by atoms with Crippen LogP contribution < -0.4 is 25.0 Å². The first-order valence-corrected chi connectivity index (χ1v) is 10.7. The second-order valence-corrected chi connectivity index (χ2v) is 7.60. The molecule has 3 rings (SSSR count). The molecule has 0 radical (unpaired) electrons. The number of anilines is 1. The maximum Gasteiger partial charge on any atom is 0.343 e. The molecule has 0 unspecified atom stereocenters. The Morgan fingerprint density at radius 2 is 1.57 bits per heavy atom. The predicted molar refractivity (Wildman–Crippen MR) is 132 cm³/mol. The van der Waals surface area contributed by atoms with Crippen molar-refractivity contribution in [2.75, 3.05) is 19.5 Å². The van der Waals surface area contributed by atoms with Crippen LogP contribution in [0.4, 0.5) is 5.69 Å². The van der Waals surface area contributed by atoms with Gasteiger partial charge in [-0.05, 0) is 54.1 Å². The summed E-state index contributed by atoms with van der Waals surface area (Å²) >= 11 is 11.8. The molecule has 0 aromatic heterocycles. The van der Waals surface area contributed by atoms with E-state index >= 15 is 0 Å². The van der Waals surface area contributed by atoms with Crippen molar-refractivity contribution in [1.29, 1.82) is 0 Å². The molecule has 0 heterocycles. The highest BCUT2D eigenvalue weighted by molar-refractivity contribution is 6.42. The summed E-state index contributed by atoms with van der Waals surface area (Å²) < 4.78 is 15.8. The van der Waals surface area contributed by atoms with Gasteiger partial charge < -0.3 is 19.5 Å². The molecule has 0 aliphatic carbocycles. The van der Waals surface area contributed by atoms with Crippen LogP contribution in [0.15, 0.2) is 65.8 Å². The number of hydrazone groups is 1. The molecule has 0 saturated heterocycles. The van der Waals surface area contributed by atoms with E-state index in [0.717, 1.165) is 0 Å². The van der Waals surface area contributed by atoms with E-state index in [4.69, 9.17) is 37.4 Å². The van der Waals surface area contributed by atoms with Crippen LogP contribution in [-0.2, 0) is 9.59 Å². The van der Waals surface area contributed by atoms with E-state index in [2.05, 4.69) is 15.8 Å². The summed E-state index contributed by atoms with van der Waals surface area (Å²) in [4.78, 5) is 36.5. The highest BCUT2D eigenvalue weighted by Gasteiger charge is 2.16. The van der Waals surface area contributed by atoms with Gasteiger partial charge in [0.15, 0.2) is 11.5 Å². The molecule has 3 aromatic carbocycles. The maximum atomic E-state index is 12.4. The third-order valence-corrected chi connectivity index (χ3v) is 5.23. The molecule has 180 valence electrons. The molecule has 0 fully saturated rings. The molecule has 0 saturated carbocycles. The van der Waals surface area contributed by atoms with Crippen molar-refractivity contribution < 1.29 is 28.6 Å². The molecular weight excluding hydrogens is 497 g/mol. The highest BCUT2D eigenvalue weighted by atomic mass is 35.5. The number of halogens is 2. The second-order valence-electron chi connectivity index (χ2n) is 6.78. The first-order chi connectivity index (χ1) is 16.8. The molecule has 11 heteroatoms. The third-order valence-electron chi connectivity index (χ3n) is 4.49. The number of hydrogen-bond donors (Lipinski definition) is 2. The Bertz CT molecular complexity index is 1300. The maximum absolute atomic E-state index is 12.4. The van der Waals surface area contributed by atoms with Crippen LogP contribution in [0.2, 0.25) is 10.0 Å². The van der Waals surface area contributed by atoms with E-state index in [1.807, 2.05) is 0 Å². The van der Waals surface area contributed by atoms with Crippen LogP contribution >= 0.6 is 23.2 Å². The number of benzene rings is 3. The average Bonchev–Trinajstić information content (AvgIpc) is 2.86. The average molecular weight is 516 g/mol. The van der Waals surface area contributed by atoms with E-state index in [9.17, 15) is 14.4 Å². The van der Waals surface area contributed by atoms with E-state index in [0.29, 0.717) is 22.0 Å². The van der Waals surface area contributed by atoms with Gasteiger partial charge in [-0.25, -0.2) is 10.2 Å². The SMILES string of the molecule is COc1ccccc1NC(=O)C(=O)N/N=C\c1ccc(OC(=O)c2ccc(Cl)c(Cl)c2)c(OC)c1. The number of methoxy groups -OCH3 is 2. The number of para-hydroxylation sites is 2. The number of hydrogen-bond acceptors (Lipinski definition) is 7. The van der Waals surface area contributed by atoms with Crippen LogP contribution in [0, 0.1) is 0 Å². The van der Waals surface area contributed by atoms with Crippen molar-refractivity contribution in [2.45, 2.75) is 0 Å². The van der Waals surface area contributed by atoms with Gasteiger partial charge in [0.05, 0.1) is 41.7 Å². The fourth-order valence-electron chi connectivity index (χ4n) is 2.77. The van der Waals surface area contributed by atoms with Gasteiger partial charge in [0.1, 0.15) is 5.75 Å². The smallest absolute Gasteiger partial charge is 0.343 e. The zero-order chi connectivity index (χ0) is 25.4. The molecule has 0 spiro atoms. The lowest BCUT2D eigenvalue weighted by Crippen LogP contribution is -2.32. The molecule has 0 aliphatic rings. The van der Waals surface area contributed by atoms with Crippen LogP contribution in [0.3, 0.4) is 0 Å². The Morgan fingerprint density at radius 1 is 0.829 bits per heavy atom. The molecule has 0 aliphatic heterocycles. The minimum absolute atomic E-state index is 0.154. The fourth-order valence-corrected chi connectivity index (χ4v) is 3.07. The van der Waals surface area contributed by atoms with Crippen LogP contribution in [-0.4, -0.2) is 38.2 Å². The summed E-state index contributed by atoms with van der Waals surface area (Å²) in [6, 6.07) is 15.6. The number of amides is 2. The summed E-state index contributed by atoms with van der Waals surface area (Å²) in [6.07, 6.45) is 1.29. The van der Waals surface area contributed by atoms with Crippen molar-refractivity contribution >= 4 is 52.9 Å². The van der Waals surface area contributed by atoms with E-state index < -0.39 is 17.8 Å². The van der Waals surface area contributed by atoms with Gasteiger partial charge in [0.25, 0.3) is 0 Å². The summed E-state index contributed by atoms with van der Waals surface area (Å²) in [5.41, 5.74) is 3.19. The second kappa shape index (κ2) is 11.9. The van der Waals surface area contributed by atoms with Gasteiger partial charge in [-0.15, -0.1) is 0 Å². The summed E-state index contributed by atoms with van der Waals surface area (Å²) in [5.74, 6) is -1.76. The van der Waals surface area contributed by atoms with Gasteiger partial charge in [-0.3, -0.25) is 9.59 Å². The van der Waals surface area contributed by atoms with E-state index in [1.54, 1.807) is 30.3 Å². The Balaban J connectivity index is 1.62. The van der Waals surface area contributed by atoms with Crippen LogP contribution in [0.25, 0.3) is 0 Å². The molecular formula is C24H19Cl2N3O6. The number of esters is 1. The minimum atomic E-state index is -0.980. The van der Waals surface area contributed by atoms with Gasteiger partial charge in [-0.1, -0.05) is 35.3 Å². The number of carbonyl (C=O) groups is 3. The Labute approximate surface area is 210 Å². The predicted octanol–water partition coefficient (Wildman–Crippen LogP) is 4.32. The number of rotatable bonds is 7. The van der Waals surface area contributed by atoms with Crippen LogP contribution in [0.5, 0.6) is 17.2 Å². The number of nitrogens with zero attached hydrogens (tertiary/aromatic N) is 1. The fraction of sp³-hybridized carbons (Fsp3) is 0.0833. The van der Waals surface area contributed by atoms with Crippen molar-refractivity contribution in [3.8, 4) is 17.2 Å². The zero-order valence-corrected chi connectivity index (χ0v) is 20.0. The highest BCUT2D eigenvalue weighted by Crippen LogP contribution is 2.29. The molecule has 0 bridgehead atoms. The Kier molecular flexibility index (Phi) is 8.66. The van der Waals surface area contributed by atoms with Gasteiger partial charge in [0, 0.05) is 0 Å². The first-order valence-electron chi connectivity index (χ1n) is 9.95.